The van der Waals surface area contributed by atoms with Crippen molar-refractivity contribution in [2.75, 3.05) is 37.0 Å². The first-order valence-electron chi connectivity index (χ1n) is 14.8. The summed E-state index contributed by atoms with van der Waals surface area (Å²) in [6.45, 7) is 3.15. The number of benzene rings is 1. The first-order valence-corrected chi connectivity index (χ1v) is 14.8. The van der Waals surface area contributed by atoms with Gasteiger partial charge in [0, 0.05) is 55.7 Å². The average molecular weight is 639 g/mol. The van der Waals surface area contributed by atoms with E-state index in [1.165, 1.54) is 35.2 Å². The molecule has 3 atom stereocenters. The standard InChI is InChI=1S/C33H34F4N6O3/c1-20-7-5-6-9-32(20,2)30(31(46)41(4)23-14-33(36,37)15-23)43(19-44)25-13-22(34)12-24(35)29(25)26-17-42(28(45)18-40(26)3)27-11-21(16-38)8-10-39-27/h5-8,10-13,19,23,26,30H,9,14-15,17-18H2,1-4H3/t26?,30-,32?/m1/s1. The van der Waals surface area contributed by atoms with Crippen molar-refractivity contribution in [2.45, 2.75) is 57.2 Å². The summed E-state index contributed by atoms with van der Waals surface area (Å²) in [7, 11) is 2.97. The number of halogens is 4. The van der Waals surface area contributed by atoms with Crippen LogP contribution >= 0.6 is 0 Å². The van der Waals surface area contributed by atoms with E-state index in [0.29, 0.717) is 18.0 Å². The summed E-state index contributed by atoms with van der Waals surface area (Å²) in [6.07, 6.45) is 6.30. The van der Waals surface area contributed by atoms with Crippen molar-refractivity contribution in [3.63, 3.8) is 0 Å². The number of alkyl halides is 2. The van der Waals surface area contributed by atoms with Crippen LogP contribution in [0.25, 0.3) is 0 Å². The predicted molar refractivity (Wildman–Crippen MR) is 162 cm³/mol. The SMILES string of the molecule is CC1=CC=CCC1(C)[C@@H](C(=O)N(C)C1CC(F)(F)C1)N(C=O)c1cc(F)cc(F)c1C1CN(c2cc(C#N)ccn2)C(=O)CN1C. The number of aromatic nitrogens is 1. The van der Waals surface area contributed by atoms with Crippen molar-refractivity contribution in [1.29, 1.82) is 5.26 Å². The highest BCUT2D eigenvalue weighted by Crippen LogP contribution is 2.46. The fourth-order valence-corrected chi connectivity index (χ4v) is 6.54. The van der Waals surface area contributed by atoms with Gasteiger partial charge in [-0.1, -0.05) is 30.7 Å². The Morgan fingerprint density at radius 3 is 2.59 bits per heavy atom. The molecule has 5 rings (SSSR count). The number of hydrogen-bond donors (Lipinski definition) is 0. The van der Waals surface area contributed by atoms with Crippen LogP contribution in [0.1, 0.15) is 50.3 Å². The molecular formula is C33H34F4N6O3. The molecule has 3 amide bonds. The van der Waals surface area contributed by atoms with Gasteiger partial charge in [0.05, 0.1) is 29.9 Å². The van der Waals surface area contributed by atoms with Gasteiger partial charge in [-0.25, -0.2) is 22.5 Å². The molecule has 2 fully saturated rings. The zero-order valence-electron chi connectivity index (χ0n) is 25.9. The topological polar surface area (TPSA) is 101 Å². The van der Waals surface area contributed by atoms with Crippen LogP contribution in [0.15, 0.2) is 54.3 Å². The first-order chi connectivity index (χ1) is 21.7. The molecule has 0 N–H and O–H groups in total. The second-order valence-corrected chi connectivity index (χ2v) is 12.5. The molecule has 2 aliphatic carbocycles. The maximum atomic E-state index is 16.1. The van der Waals surface area contributed by atoms with Gasteiger partial charge in [0.1, 0.15) is 23.5 Å². The molecule has 1 saturated heterocycles. The Balaban J connectivity index is 1.63. The molecule has 0 spiro atoms. The molecule has 1 aliphatic heterocycles. The molecule has 46 heavy (non-hydrogen) atoms. The van der Waals surface area contributed by atoms with E-state index in [1.807, 2.05) is 12.1 Å². The zero-order valence-corrected chi connectivity index (χ0v) is 25.9. The van der Waals surface area contributed by atoms with Crippen LogP contribution < -0.4 is 9.80 Å². The Morgan fingerprint density at radius 1 is 1.24 bits per heavy atom. The average Bonchev–Trinajstić information content (AvgIpc) is 2.99. The lowest BCUT2D eigenvalue weighted by Crippen LogP contribution is -2.61. The van der Waals surface area contributed by atoms with E-state index >= 15 is 8.78 Å². The summed E-state index contributed by atoms with van der Waals surface area (Å²) < 4.78 is 58.8. The zero-order chi connectivity index (χ0) is 33.6. The Labute approximate surface area is 264 Å². The monoisotopic (exact) mass is 638 g/mol. The third-order valence-electron chi connectivity index (χ3n) is 9.53. The lowest BCUT2D eigenvalue weighted by molar-refractivity contribution is -0.153. The highest BCUT2D eigenvalue weighted by Gasteiger charge is 2.52. The number of hydrogen-bond acceptors (Lipinski definition) is 6. The lowest BCUT2D eigenvalue weighted by Gasteiger charge is -2.48. The molecule has 1 saturated carbocycles. The number of nitrogens with zero attached hydrogens (tertiary/aromatic N) is 6. The summed E-state index contributed by atoms with van der Waals surface area (Å²) >= 11 is 0. The third-order valence-corrected chi connectivity index (χ3v) is 9.53. The van der Waals surface area contributed by atoms with Gasteiger partial charge in [-0.2, -0.15) is 5.26 Å². The van der Waals surface area contributed by atoms with Gasteiger partial charge in [-0.15, -0.1) is 0 Å². The van der Waals surface area contributed by atoms with Crippen LogP contribution in [0.4, 0.5) is 29.1 Å². The minimum atomic E-state index is -2.91. The molecule has 1 aromatic carbocycles. The fourth-order valence-electron chi connectivity index (χ4n) is 6.54. The van der Waals surface area contributed by atoms with E-state index in [4.69, 9.17) is 0 Å². The van der Waals surface area contributed by atoms with Gasteiger partial charge in [-0.05, 0) is 38.6 Å². The molecule has 242 valence electrons. The van der Waals surface area contributed by atoms with Gasteiger partial charge in [0.15, 0.2) is 0 Å². The molecule has 2 aromatic rings. The van der Waals surface area contributed by atoms with E-state index < -0.39 is 59.8 Å². The van der Waals surface area contributed by atoms with Crippen molar-refractivity contribution >= 4 is 29.7 Å². The molecule has 0 bridgehead atoms. The molecule has 0 radical (unpaired) electrons. The quantitative estimate of drug-likeness (QED) is 0.306. The number of piperazine rings is 1. The van der Waals surface area contributed by atoms with Gasteiger partial charge < -0.3 is 9.80 Å². The molecule has 2 heterocycles. The third kappa shape index (κ3) is 5.89. The van der Waals surface area contributed by atoms with E-state index in [1.54, 1.807) is 37.9 Å². The number of carbonyl (C=O) groups is 3. The van der Waals surface area contributed by atoms with Crippen molar-refractivity contribution in [2.24, 2.45) is 5.41 Å². The van der Waals surface area contributed by atoms with Gasteiger partial charge in [-0.3, -0.25) is 24.2 Å². The predicted octanol–water partition coefficient (Wildman–Crippen LogP) is 4.75. The second-order valence-electron chi connectivity index (χ2n) is 12.5. The number of nitriles is 1. The van der Waals surface area contributed by atoms with Crippen LogP contribution in [-0.4, -0.2) is 78.2 Å². The summed E-state index contributed by atoms with van der Waals surface area (Å²) in [5.41, 5.74) is -0.484. The van der Waals surface area contributed by atoms with Crippen LogP contribution in [0.3, 0.4) is 0 Å². The van der Waals surface area contributed by atoms with E-state index in [-0.39, 0.29) is 48.0 Å². The maximum absolute atomic E-state index is 16.1. The summed E-state index contributed by atoms with van der Waals surface area (Å²) in [5.74, 6) is -5.80. The van der Waals surface area contributed by atoms with E-state index in [0.717, 1.165) is 11.0 Å². The lowest BCUT2D eigenvalue weighted by atomic mass is 9.69. The highest BCUT2D eigenvalue weighted by molar-refractivity contribution is 5.96. The minimum absolute atomic E-state index is 0.142. The summed E-state index contributed by atoms with van der Waals surface area (Å²) in [4.78, 5) is 49.8. The van der Waals surface area contributed by atoms with E-state index in [2.05, 4.69) is 4.98 Å². The fraction of sp³-hybridized carbons (Fsp3) is 0.424. The molecular weight excluding hydrogens is 604 g/mol. The number of pyridine rings is 1. The maximum Gasteiger partial charge on any atom is 0.252 e. The molecule has 1 aromatic heterocycles. The largest absolute Gasteiger partial charge is 0.340 e. The van der Waals surface area contributed by atoms with E-state index in [9.17, 15) is 28.4 Å². The van der Waals surface area contributed by atoms with Crippen molar-refractivity contribution < 1.29 is 31.9 Å². The summed E-state index contributed by atoms with van der Waals surface area (Å²) in [5, 5.41) is 9.36. The number of amides is 3. The Kier molecular flexibility index (Phi) is 8.79. The smallest absolute Gasteiger partial charge is 0.252 e. The van der Waals surface area contributed by atoms with Crippen molar-refractivity contribution in [1.82, 2.24) is 14.8 Å². The second kappa shape index (κ2) is 12.3. The molecule has 3 aliphatic rings. The Morgan fingerprint density at radius 2 is 1.96 bits per heavy atom. The van der Waals surface area contributed by atoms with Gasteiger partial charge in [0.2, 0.25) is 18.2 Å². The number of likely N-dealkylation sites (N-methyl/N-ethyl adjacent to an activating group) is 2. The van der Waals surface area contributed by atoms with Crippen LogP contribution in [0.5, 0.6) is 0 Å². The normalized spacial score (nSPS) is 23.6. The first kappa shape index (κ1) is 32.8. The van der Waals surface area contributed by atoms with Gasteiger partial charge in [0.25, 0.3) is 5.92 Å². The van der Waals surface area contributed by atoms with Gasteiger partial charge >= 0.3 is 0 Å². The molecule has 2 unspecified atom stereocenters. The number of allylic oxidation sites excluding steroid dienone is 3. The van der Waals surface area contributed by atoms with Crippen LogP contribution in [0, 0.1) is 28.4 Å². The highest BCUT2D eigenvalue weighted by atomic mass is 19.3. The molecule has 13 heteroatoms. The molecule has 9 nitrogen and oxygen atoms in total. The van der Waals surface area contributed by atoms with Crippen molar-refractivity contribution in [3.05, 3.63) is 77.0 Å². The number of carbonyl (C=O) groups excluding carboxylic acids is 3. The Bertz CT molecular complexity index is 1660. The Hall–Kier alpha value is -4.57. The van der Waals surface area contributed by atoms with Crippen LogP contribution in [-0.2, 0) is 14.4 Å². The number of anilines is 2. The minimum Gasteiger partial charge on any atom is -0.340 e. The van der Waals surface area contributed by atoms with Crippen LogP contribution in [0.2, 0.25) is 0 Å². The van der Waals surface area contributed by atoms with Crippen molar-refractivity contribution in [3.8, 4) is 6.07 Å². The number of rotatable bonds is 8. The summed E-state index contributed by atoms with van der Waals surface area (Å²) in [6, 6.07) is 3.41.